The zero-order chi connectivity index (χ0) is 19.7. The van der Waals surface area contributed by atoms with Gasteiger partial charge in [-0.2, -0.15) is 0 Å². The van der Waals surface area contributed by atoms with Crippen molar-refractivity contribution in [2.24, 2.45) is 9.98 Å². The van der Waals surface area contributed by atoms with Crippen LogP contribution in [0.1, 0.15) is 25.0 Å². The Morgan fingerprint density at radius 1 is 0.741 bits per heavy atom. The molecule has 0 unspecified atom stereocenters. The number of aliphatic imine (C=N–C) groups is 2. The van der Waals surface area contributed by atoms with Gasteiger partial charge in [-0.25, -0.2) is 0 Å². The van der Waals surface area contributed by atoms with Crippen molar-refractivity contribution in [3.8, 4) is 11.5 Å². The van der Waals surface area contributed by atoms with E-state index in [4.69, 9.17) is 46.4 Å². The van der Waals surface area contributed by atoms with Gasteiger partial charge in [-0.15, -0.1) is 0 Å². The van der Waals surface area contributed by atoms with Crippen LogP contribution in [-0.4, -0.2) is 25.5 Å². The molecule has 148 valence electrons. The maximum Gasteiger partial charge on any atom is 2.00 e. The molecule has 0 aromatic heterocycles. The fourth-order valence-corrected chi connectivity index (χ4v) is 2.75. The van der Waals surface area contributed by atoms with E-state index in [1.807, 2.05) is 13.8 Å². The van der Waals surface area contributed by atoms with Crippen molar-refractivity contribution in [3.05, 3.63) is 55.5 Å². The average Bonchev–Trinajstić information content (AvgIpc) is 2.59. The summed E-state index contributed by atoms with van der Waals surface area (Å²) in [5.41, 5.74) is 0.860. The normalized spacial score (nSPS) is 10.6. The minimum absolute atomic E-state index is 0. The van der Waals surface area contributed by atoms with E-state index in [1.165, 1.54) is 24.6 Å². The van der Waals surface area contributed by atoms with Gasteiger partial charge in [-0.3, -0.25) is 9.98 Å². The van der Waals surface area contributed by atoms with Gasteiger partial charge in [0.05, 0.1) is 0 Å². The van der Waals surface area contributed by atoms with Crippen LogP contribution in [0.3, 0.4) is 0 Å². The first-order valence-corrected chi connectivity index (χ1v) is 9.13. The minimum Gasteiger partial charge on any atom is -0.871 e. The summed E-state index contributed by atoms with van der Waals surface area (Å²) < 4.78 is 0. The summed E-state index contributed by atoms with van der Waals surface area (Å²) in [5.74, 6) is -0.466. The molecule has 0 aliphatic rings. The number of hydrogen-bond acceptors (Lipinski definition) is 4. The zero-order valence-electron chi connectivity index (χ0n) is 14.4. The van der Waals surface area contributed by atoms with Crippen molar-refractivity contribution in [1.29, 1.82) is 0 Å². The van der Waals surface area contributed by atoms with E-state index in [-0.39, 0.29) is 38.0 Å². The topological polar surface area (TPSA) is 70.8 Å². The number of hydrogen-bond donors (Lipinski definition) is 0. The smallest absolute Gasteiger partial charge is 0.871 e. The summed E-state index contributed by atoms with van der Waals surface area (Å²) in [4.78, 5) is 7.89. The van der Waals surface area contributed by atoms with Crippen molar-refractivity contribution in [2.45, 2.75) is 13.8 Å². The summed E-state index contributed by atoms with van der Waals surface area (Å²) in [6, 6.07) is 5.95. The van der Waals surface area contributed by atoms with E-state index < -0.39 is 0 Å². The molecule has 0 fully saturated rings. The third kappa shape index (κ3) is 8.72. The molecule has 0 saturated carbocycles. The molecule has 0 aliphatic carbocycles. The van der Waals surface area contributed by atoms with Crippen molar-refractivity contribution < 1.29 is 26.7 Å². The zero-order valence-corrected chi connectivity index (χ0v) is 18.4. The van der Waals surface area contributed by atoms with Crippen LogP contribution < -0.4 is 10.2 Å². The van der Waals surface area contributed by atoms with Gasteiger partial charge >= 0.3 is 16.5 Å². The summed E-state index contributed by atoms with van der Waals surface area (Å²) >= 11 is 22.7. The van der Waals surface area contributed by atoms with Gasteiger partial charge < -0.3 is 10.2 Å². The van der Waals surface area contributed by atoms with Crippen molar-refractivity contribution >= 4 is 58.8 Å². The molecule has 0 radical (unpaired) electrons. The second-order valence-electron chi connectivity index (χ2n) is 4.87. The molecule has 0 saturated heterocycles. The molecule has 27 heavy (non-hydrogen) atoms. The summed E-state index contributed by atoms with van der Waals surface area (Å²) in [7, 11) is 0. The van der Waals surface area contributed by atoms with Crippen LogP contribution in [-0.2, 0) is 16.5 Å². The van der Waals surface area contributed by atoms with Crippen LogP contribution in [0.15, 0.2) is 34.3 Å². The molecule has 9 heteroatoms. The van der Waals surface area contributed by atoms with Crippen LogP contribution in [0, 0.1) is 0 Å². The quantitative estimate of drug-likeness (QED) is 0.445. The van der Waals surface area contributed by atoms with Gasteiger partial charge in [0.15, 0.2) is 0 Å². The number of rotatable bonds is 4. The Kier molecular flexibility index (Phi) is 12.8. The molecule has 2 rings (SSSR count). The molecule has 0 N–H and O–H groups in total. The van der Waals surface area contributed by atoms with Crippen LogP contribution in [0.5, 0.6) is 11.5 Å². The number of nitrogens with zero attached hydrogens (tertiary/aromatic N) is 2. The molecule has 0 amide bonds. The van der Waals surface area contributed by atoms with E-state index in [2.05, 4.69) is 9.98 Å². The molecule has 0 bridgehead atoms. The molecule has 2 aromatic rings. The fraction of sp³-hybridized carbons (Fsp3) is 0.222. The molecule has 0 aliphatic heterocycles. The Morgan fingerprint density at radius 2 is 1.07 bits per heavy atom. The SMILES string of the molecule is CCN=Cc1cc(Cl)cc(Cl)c1[O-].CCN=Cc1cc(Cl)cc(Cl)c1[O-].[Ni+2]. The summed E-state index contributed by atoms with van der Waals surface area (Å²) in [5, 5.41) is 23.8. The van der Waals surface area contributed by atoms with E-state index in [9.17, 15) is 10.2 Å². The van der Waals surface area contributed by atoms with E-state index in [0.717, 1.165) is 0 Å². The van der Waals surface area contributed by atoms with Crippen molar-refractivity contribution in [1.82, 2.24) is 0 Å². The molecular formula is C18H16Cl4N2NiO2. The van der Waals surface area contributed by atoms with Gasteiger partial charge in [0.2, 0.25) is 0 Å². The third-order valence-electron chi connectivity index (χ3n) is 2.90. The largest absolute Gasteiger partial charge is 2.00 e. The van der Waals surface area contributed by atoms with Gasteiger partial charge in [0.1, 0.15) is 0 Å². The standard InChI is InChI=1S/2C9H9Cl2NO.Ni/c2*1-2-12-5-6-3-7(10)4-8(11)9(6)13;/h2*3-5,13H,2H2,1H3;/q;;+2/p-2. The second kappa shape index (κ2) is 13.3. The summed E-state index contributed by atoms with van der Waals surface area (Å²) in [6.45, 7) is 5.02. The Bertz CT molecular complexity index is 747. The van der Waals surface area contributed by atoms with E-state index in [0.29, 0.717) is 34.3 Å². The maximum atomic E-state index is 11.3. The minimum atomic E-state index is -0.233. The Hall–Kier alpha value is -0.966. The predicted molar refractivity (Wildman–Crippen MR) is 108 cm³/mol. The summed E-state index contributed by atoms with van der Waals surface area (Å²) in [6.07, 6.45) is 2.97. The third-order valence-corrected chi connectivity index (χ3v) is 3.90. The van der Waals surface area contributed by atoms with Gasteiger partial charge in [0.25, 0.3) is 0 Å². The van der Waals surface area contributed by atoms with Crippen LogP contribution in [0.4, 0.5) is 0 Å². The first-order chi connectivity index (χ1) is 12.3. The molecule has 4 nitrogen and oxygen atoms in total. The Balaban J connectivity index is 0.000000483. The molecule has 2 aromatic carbocycles. The molecule has 0 atom stereocenters. The molecular weight excluding hydrogens is 477 g/mol. The van der Waals surface area contributed by atoms with E-state index >= 15 is 0 Å². The molecule has 0 heterocycles. The van der Waals surface area contributed by atoms with Crippen LogP contribution in [0.2, 0.25) is 20.1 Å². The second-order valence-corrected chi connectivity index (χ2v) is 6.56. The molecule has 0 spiro atoms. The predicted octanol–water partition coefficient (Wildman–Crippen LogP) is 5.01. The van der Waals surface area contributed by atoms with Gasteiger partial charge in [-0.1, -0.05) is 57.9 Å². The van der Waals surface area contributed by atoms with Gasteiger partial charge in [-0.05, 0) is 49.2 Å². The van der Waals surface area contributed by atoms with Crippen LogP contribution >= 0.6 is 46.4 Å². The van der Waals surface area contributed by atoms with E-state index in [1.54, 1.807) is 12.1 Å². The van der Waals surface area contributed by atoms with Crippen LogP contribution in [0.25, 0.3) is 0 Å². The number of halogens is 4. The van der Waals surface area contributed by atoms with Gasteiger partial charge in [0, 0.05) is 45.6 Å². The first-order valence-electron chi connectivity index (χ1n) is 7.61. The van der Waals surface area contributed by atoms with Crippen molar-refractivity contribution in [3.63, 3.8) is 0 Å². The maximum absolute atomic E-state index is 11.3. The number of benzene rings is 2. The van der Waals surface area contributed by atoms with Crippen molar-refractivity contribution in [2.75, 3.05) is 13.1 Å². The monoisotopic (exact) mass is 490 g/mol. The Labute approximate surface area is 188 Å². The Morgan fingerprint density at radius 3 is 1.37 bits per heavy atom. The fourth-order valence-electron chi connectivity index (χ4n) is 1.73. The first kappa shape index (κ1) is 26.0. The average molecular weight is 493 g/mol.